The number of esters is 1. The van der Waals surface area contributed by atoms with E-state index in [9.17, 15) is 24.3 Å². The fourth-order valence-corrected chi connectivity index (χ4v) is 6.94. The molecule has 0 aliphatic carbocycles. The Morgan fingerprint density at radius 3 is 2.67 bits per heavy atom. The third-order valence-corrected chi connectivity index (χ3v) is 9.04. The topological polar surface area (TPSA) is 138 Å². The molecule has 12 nitrogen and oxygen atoms in total. The highest BCUT2D eigenvalue weighted by Crippen LogP contribution is 2.58. The second-order valence-corrected chi connectivity index (χ2v) is 11.9. The number of morpholine rings is 1. The van der Waals surface area contributed by atoms with Crippen molar-refractivity contribution in [2.45, 2.75) is 69.3 Å². The summed E-state index contributed by atoms with van der Waals surface area (Å²) in [6, 6.07) is -0.877. The number of unbranched alkanes of at least 4 members (excludes halogenated alkanes) is 1. The molecule has 4 saturated heterocycles. The quantitative estimate of drug-likeness (QED) is 0.138. The van der Waals surface area contributed by atoms with Crippen molar-refractivity contribution in [1.82, 2.24) is 20.0 Å². The molecule has 0 aromatic heterocycles. The maximum absolute atomic E-state index is 14.3. The molecule has 0 aromatic carbocycles. The van der Waals surface area contributed by atoms with Crippen LogP contribution in [0.1, 0.15) is 45.4 Å². The first kappa shape index (κ1) is 33.1. The molecule has 0 radical (unpaired) electrons. The van der Waals surface area contributed by atoms with Crippen molar-refractivity contribution >= 4 is 23.7 Å². The Morgan fingerprint density at radius 2 is 1.98 bits per heavy atom. The molecule has 3 amide bonds. The predicted molar refractivity (Wildman–Crippen MR) is 158 cm³/mol. The molecule has 240 valence electrons. The van der Waals surface area contributed by atoms with Crippen LogP contribution in [-0.4, -0.2) is 133 Å². The van der Waals surface area contributed by atoms with E-state index < -0.39 is 41.7 Å². The maximum Gasteiger partial charge on any atom is 0.312 e. The van der Waals surface area contributed by atoms with Crippen LogP contribution in [0.4, 0.5) is 0 Å². The lowest BCUT2D eigenvalue weighted by Gasteiger charge is -2.37. The van der Waals surface area contributed by atoms with E-state index in [-0.39, 0.29) is 37.4 Å². The number of fused-ring (bicyclic) bond motifs is 1. The predicted octanol–water partition coefficient (Wildman–Crippen LogP) is 0.494. The van der Waals surface area contributed by atoms with Gasteiger partial charge in [0.15, 0.2) is 0 Å². The van der Waals surface area contributed by atoms with Gasteiger partial charge in [-0.15, -0.1) is 13.2 Å². The fraction of sp³-hybridized carbons (Fsp3) is 0.742. The number of carbonyl (C=O) groups excluding carboxylic acids is 4. The van der Waals surface area contributed by atoms with Crippen molar-refractivity contribution in [1.29, 1.82) is 0 Å². The summed E-state index contributed by atoms with van der Waals surface area (Å²) in [5.74, 6) is -2.86. The van der Waals surface area contributed by atoms with E-state index >= 15 is 0 Å². The minimum Gasteiger partial charge on any atom is -0.460 e. The molecule has 4 fully saturated rings. The Balaban J connectivity index is 1.51. The minimum atomic E-state index is -1.12. The van der Waals surface area contributed by atoms with Gasteiger partial charge in [0, 0.05) is 52.3 Å². The SMILES string of the molecule is C=CCCC(=O)NC[C@H](C)OC(=O)[C@@H]1[C@H]2C(=O)N(CCCCO)[C@H](C(=O)N(CC=C)CCN3CCOCC3)[C@]23CC[C@H]1O3. The molecule has 2 bridgehead atoms. The zero-order valence-corrected chi connectivity index (χ0v) is 25.4. The summed E-state index contributed by atoms with van der Waals surface area (Å²) < 4.78 is 17.7. The molecular weight excluding hydrogens is 556 g/mol. The van der Waals surface area contributed by atoms with Crippen molar-refractivity contribution < 1.29 is 38.5 Å². The molecular formula is C31H48N4O8. The van der Waals surface area contributed by atoms with Crippen molar-refractivity contribution in [3.63, 3.8) is 0 Å². The number of likely N-dealkylation sites (tertiary alicyclic amines) is 1. The van der Waals surface area contributed by atoms with Crippen LogP contribution >= 0.6 is 0 Å². The number of rotatable bonds is 17. The Kier molecular flexibility index (Phi) is 11.8. The van der Waals surface area contributed by atoms with Crippen LogP contribution < -0.4 is 5.32 Å². The van der Waals surface area contributed by atoms with Gasteiger partial charge in [-0.2, -0.15) is 0 Å². The van der Waals surface area contributed by atoms with E-state index in [1.165, 1.54) is 0 Å². The molecule has 4 rings (SSSR count). The average Bonchev–Trinajstić information content (AvgIpc) is 3.65. The summed E-state index contributed by atoms with van der Waals surface area (Å²) in [6.07, 6.45) is 5.12. The van der Waals surface area contributed by atoms with Crippen molar-refractivity contribution in [3.8, 4) is 0 Å². The highest BCUT2D eigenvalue weighted by Gasteiger charge is 2.75. The van der Waals surface area contributed by atoms with Gasteiger partial charge >= 0.3 is 5.97 Å². The number of hydrogen-bond acceptors (Lipinski definition) is 9. The number of amides is 3. The van der Waals surface area contributed by atoms with Gasteiger partial charge in [-0.05, 0) is 39.0 Å². The smallest absolute Gasteiger partial charge is 0.312 e. The Labute approximate surface area is 254 Å². The highest BCUT2D eigenvalue weighted by molar-refractivity contribution is 5.98. The largest absolute Gasteiger partial charge is 0.460 e. The number of aliphatic hydroxyl groups excluding tert-OH is 1. The first-order chi connectivity index (χ1) is 20.8. The zero-order chi connectivity index (χ0) is 31.0. The van der Waals surface area contributed by atoms with Crippen LogP contribution in [0.5, 0.6) is 0 Å². The first-order valence-electron chi connectivity index (χ1n) is 15.6. The summed E-state index contributed by atoms with van der Waals surface area (Å²) in [4.78, 5) is 59.5. The maximum atomic E-state index is 14.3. The summed E-state index contributed by atoms with van der Waals surface area (Å²) in [7, 11) is 0. The molecule has 2 N–H and O–H groups in total. The number of aliphatic hydroxyl groups is 1. The van der Waals surface area contributed by atoms with Crippen molar-refractivity contribution in [3.05, 3.63) is 25.3 Å². The van der Waals surface area contributed by atoms with E-state index in [2.05, 4.69) is 23.4 Å². The van der Waals surface area contributed by atoms with Crippen LogP contribution in [0, 0.1) is 11.8 Å². The monoisotopic (exact) mass is 604 g/mol. The Hall–Kier alpha value is -2.80. The molecule has 0 unspecified atom stereocenters. The number of allylic oxidation sites excluding steroid dienone is 1. The van der Waals surface area contributed by atoms with Crippen LogP contribution in [-0.2, 0) is 33.4 Å². The van der Waals surface area contributed by atoms with Gasteiger partial charge in [0.25, 0.3) is 0 Å². The molecule has 0 aromatic rings. The van der Waals surface area contributed by atoms with Crippen LogP contribution in [0.2, 0.25) is 0 Å². The second kappa shape index (κ2) is 15.3. The average molecular weight is 605 g/mol. The number of hydrogen-bond donors (Lipinski definition) is 2. The van der Waals surface area contributed by atoms with Crippen LogP contribution in [0.25, 0.3) is 0 Å². The van der Waals surface area contributed by atoms with Gasteiger partial charge in [-0.1, -0.05) is 12.2 Å². The third kappa shape index (κ3) is 7.30. The van der Waals surface area contributed by atoms with Gasteiger partial charge in [0.1, 0.15) is 17.7 Å². The molecule has 1 spiro atoms. The van der Waals surface area contributed by atoms with E-state index in [1.54, 1.807) is 28.9 Å². The van der Waals surface area contributed by atoms with Gasteiger partial charge in [-0.25, -0.2) is 0 Å². The Morgan fingerprint density at radius 1 is 1.21 bits per heavy atom. The van der Waals surface area contributed by atoms with E-state index in [4.69, 9.17) is 14.2 Å². The summed E-state index contributed by atoms with van der Waals surface area (Å²) >= 11 is 0. The second-order valence-electron chi connectivity index (χ2n) is 11.9. The lowest BCUT2D eigenvalue weighted by atomic mass is 9.70. The van der Waals surface area contributed by atoms with Gasteiger partial charge in [0.2, 0.25) is 17.7 Å². The van der Waals surface area contributed by atoms with E-state index in [0.717, 1.165) is 13.1 Å². The van der Waals surface area contributed by atoms with E-state index in [0.29, 0.717) is 71.4 Å². The molecule has 43 heavy (non-hydrogen) atoms. The molecule has 4 heterocycles. The summed E-state index contributed by atoms with van der Waals surface area (Å²) in [6.45, 7) is 13.9. The minimum absolute atomic E-state index is 0.0209. The van der Waals surface area contributed by atoms with Gasteiger partial charge in [0.05, 0.1) is 37.7 Å². The van der Waals surface area contributed by atoms with Gasteiger partial charge in [-0.3, -0.25) is 24.1 Å². The molecule has 4 aliphatic rings. The molecule has 0 saturated carbocycles. The van der Waals surface area contributed by atoms with Crippen molar-refractivity contribution in [2.75, 3.05) is 65.6 Å². The number of carbonyl (C=O) groups is 4. The van der Waals surface area contributed by atoms with Crippen LogP contribution in [0.3, 0.4) is 0 Å². The zero-order valence-electron chi connectivity index (χ0n) is 25.4. The lowest BCUT2D eigenvalue weighted by Crippen LogP contribution is -2.57. The van der Waals surface area contributed by atoms with E-state index in [1.807, 2.05) is 0 Å². The normalized spacial score (nSPS) is 28.8. The number of nitrogens with one attached hydrogen (secondary N) is 1. The Bertz CT molecular complexity index is 1030. The molecule has 12 heteroatoms. The first-order valence-corrected chi connectivity index (χ1v) is 15.6. The third-order valence-electron chi connectivity index (χ3n) is 9.04. The standard InChI is InChI=1S/C31H48N4O8/c1-4-6-9-24(37)32-21-22(3)42-30(40)25-23-10-11-31(43-23)26(25)28(38)35(13-7-8-18-36)27(31)29(39)34(12-5-2)15-14-33-16-19-41-20-17-33/h4-5,22-23,25-27,36H,1-2,6-21H2,3H3,(H,32,37)/t22-,23+,25-,26-,27+,31-/m0/s1. The van der Waals surface area contributed by atoms with Gasteiger partial charge < -0.3 is 34.4 Å². The summed E-state index contributed by atoms with van der Waals surface area (Å²) in [5.41, 5.74) is -1.12. The fourth-order valence-electron chi connectivity index (χ4n) is 6.94. The highest BCUT2D eigenvalue weighted by atomic mass is 16.6. The number of nitrogens with zero attached hydrogens (tertiary/aromatic N) is 3. The lowest BCUT2D eigenvalue weighted by molar-refractivity contribution is -0.159. The molecule has 4 aliphatic heterocycles. The molecule has 6 atom stereocenters. The summed E-state index contributed by atoms with van der Waals surface area (Å²) in [5, 5.41) is 12.2. The number of ether oxygens (including phenoxy) is 3. The van der Waals surface area contributed by atoms with Crippen molar-refractivity contribution in [2.24, 2.45) is 11.8 Å². The van der Waals surface area contributed by atoms with Crippen LogP contribution in [0.15, 0.2) is 25.3 Å².